The first-order valence-corrected chi connectivity index (χ1v) is 4.68. The van der Waals surface area contributed by atoms with Crippen molar-refractivity contribution in [2.75, 3.05) is 0 Å². The van der Waals surface area contributed by atoms with Crippen LogP contribution in [0, 0.1) is 0 Å². The van der Waals surface area contributed by atoms with Crippen LogP contribution in [-0.2, 0) is 10.1 Å². The van der Waals surface area contributed by atoms with Crippen molar-refractivity contribution < 1.29 is 13.0 Å². The first-order valence-electron chi connectivity index (χ1n) is 3.24. The van der Waals surface area contributed by atoms with Crippen LogP contribution < -0.4 is 0 Å². The van der Waals surface area contributed by atoms with Crippen LogP contribution in [0.15, 0.2) is 35.7 Å². The third-order valence-corrected chi connectivity index (χ3v) is 2.28. The van der Waals surface area contributed by atoms with Gasteiger partial charge in [-0.2, -0.15) is 8.42 Å². The van der Waals surface area contributed by atoms with Gasteiger partial charge in [0.05, 0.1) is 4.90 Å². The van der Waals surface area contributed by atoms with Gasteiger partial charge in [-0.15, -0.1) is 0 Å². The maximum absolute atomic E-state index is 10.6. The molecule has 0 amide bonds. The quantitative estimate of drug-likeness (QED) is 0.560. The first-order chi connectivity index (χ1) is 5.54. The Balaban J connectivity index is 0.00000144. The van der Waals surface area contributed by atoms with Gasteiger partial charge in [0.1, 0.15) is 0 Å². The third-order valence-electron chi connectivity index (χ3n) is 1.41. The van der Waals surface area contributed by atoms with E-state index in [0.717, 1.165) is 5.56 Å². The van der Waals surface area contributed by atoms with Gasteiger partial charge in [0.15, 0.2) is 0 Å². The second-order valence-electron chi connectivity index (χ2n) is 2.25. The predicted octanol–water partition coefficient (Wildman–Crippen LogP) is 0.928. The van der Waals surface area contributed by atoms with Crippen LogP contribution in [0.5, 0.6) is 0 Å². The van der Waals surface area contributed by atoms with Gasteiger partial charge in [-0.05, 0) is 17.7 Å². The summed E-state index contributed by atoms with van der Waals surface area (Å²) in [4.78, 5) is -0.104. The topological polar surface area (TPSA) is 54.4 Å². The molecular weight excluding hydrogens is 183 g/mol. The molecule has 13 heavy (non-hydrogen) atoms. The molecule has 0 saturated heterocycles. The monoisotopic (exact) mass is 192 g/mol. The summed E-state index contributed by atoms with van der Waals surface area (Å²) in [5, 5.41) is 0. The second-order valence-corrected chi connectivity index (χ2v) is 3.67. The van der Waals surface area contributed by atoms with Crippen molar-refractivity contribution >= 4 is 35.1 Å². The standard InChI is InChI=1S/C8H8O3S.Li.H/c1-2-7-3-5-8(6-4-7)12(9,10)11;;/h2-6H,1H2,(H,9,10,11);;. The Bertz CT molecular complexity index is 380. The van der Waals surface area contributed by atoms with E-state index in [2.05, 4.69) is 6.58 Å². The Morgan fingerprint density at radius 1 is 1.23 bits per heavy atom. The van der Waals surface area contributed by atoms with Gasteiger partial charge in [0.25, 0.3) is 10.1 Å². The number of rotatable bonds is 2. The summed E-state index contributed by atoms with van der Waals surface area (Å²) < 4.78 is 29.7. The van der Waals surface area contributed by atoms with Crippen molar-refractivity contribution in [2.45, 2.75) is 4.90 Å². The zero-order chi connectivity index (χ0) is 9.19. The van der Waals surface area contributed by atoms with E-state index >= 15 is 0 Å². The molecule has 0 atom stereocenters. The molecule has 1 aromatic rings. The predicted molar refractivity (Wildman–Crippen MR) is 53.5 cm³/mol. The summed E-state index contributed by atoms with van der Waals surface area (Å²) in [6.45, 7) is 3.51. The summed E-state index contributed by atoms with van der Waals surface area (Å²) in [6, 6.07) is 5.78. The summed E-state index contributed by atoms with van der Waals surface area (Å²) in [5.41, 5.74) is 0.808. The summed E-state index contributed by atoms with van der Waals surface area (Å²) in [7, 11) is -4.06. The van der Waals surface area contributed by atoms with Crippen LogP contribution in [0.3, 0.4) is 0 Å². The molecule has 0 aliphatic rings. The Hall–Kier alpha value is -0.533. The normalized spacial score (nSPS) is 10.2. The third kappa shape index (κ3) is 3.37. The number of benzene rings is 1. The molecule has 0 aliphatic heterocycles. The van der Waals surface area contributed by atoms with Crippen molar-refractivity contribution in [3.05, 3.63) is 36.4 Å². The number of hydrogen-bond donors (Lipinski definition) is 1. The van der Waals surface area contributed by atoms with E-state index in [0.29, 0.717) is 0 Å². The van der Waals surface area contributed by atoms with Crippen molar-refractivity contribution in [3.63, 3.8) is 0 Å². The fraction of sp³-hybridized carbons (Fsp3) is 0. The molecule has 0 heterocycles. The SMILES string of the molecule is C=Cc1ccc(S(=O)(=O)O)cc1.[LiH]. The molecular formula is C8H9LiO3S. The number of hydrogen-bond acceptors (Lipinski definition) is 2. The molecule has 3 nitrogen and oxygen atoms in total. The Morgan fingerprint density at radius 3 is 2.00 bits per heavy atom. The molecule has 1 N–H and O–H groups in total. The van der Waals surface area contributed by atoms with Crippen molar-refractivity contribution in [2.24, 2.45) is 0 Å². The molecule has 1 rings (SSSR count). The van der Waals surface area contributed by atoms with E-state index < -0.39 is 10.1 Å². The molecule has 66 valence electrons. The summed E-state index contributed by atoms with van der Waals surface area (Å²) in [6.07, 6.45) is 1.59. The molecule has 0 bridgehead atoms. The van der Waals surface area contributed by atoms with Gasteiger partial charge in [-0.3, -0.25) is 4.55 Å². The molecule has 0 radical (unpaired) electrons. The average Bonchev–Trinajstić information content (AvgIpc) is 2.03. The minimum absolute atomic E-state index is 0. The molecule has 1 aromatic carbocycles. The Morgan fingerprint density at radius 2 is 1.69 bits per heavy atom. The molecule has 0 fully saturated rings. The Labute approximate surface area is 89.4 Å². The van der Waals surface area contributed by atoms with Crippen LogP contribution in [0.1, 0.15) is 5.56 Å². The van der Waals surface area contributed by atoms with E-state index in [1.807, 2.05) is 0 Å². The first kappa shape index (κ1) is 12.5. The molecule has 0 unspecified atom stereocenters. The van der Waals surface area contributed by atoms with Crippen molar-refractivity contribution in [1.29, 1.82) is 0 Å². The van der Waals surface area contributed by atoms with Crippen LogP contribution >= 0.6 is 0 Å². The van der Waals surface area contributed by atoms with Crippen molar-refractivity contribution in [3.8, 4) is 0 Å². The van der Waals surface area contributed by atoms with Crippen molar-refractivity contribution in [1.82, 2.24) is 0 Å². The van der Waals surface area contributed by atoms with E-state index in [-0.39, 0.29) is 23.8 Å². The van der Waals surface area contributed by atoms with Gasteiger partial charge in [-0.25, -0.2) is 0 Å². The zero-order valence-electron chi connectivity index (χ0n) is 6.27. The van der Waals surface area contributed by atoms with Gasteiger partial charge in [0, 0.05) is 0 Å². The van der Waals surface area contributed by atoms with Crippen LogP contribution in [0.2, 0.25) is 0 Å². The second kappa shape index (κ2) is 4.63. The minimum atomic E-state index is -4.06. The molecule has 0 saturated carbocycles. The van der Waals surface area contributed by atoms with E-state index in [1.54, 1.807) is 18.2 Å². The Kier molecular flexibility index (Phi) is 4.44. The van der Waals surface area contributed by atoms with Crippen LogP contribution in [0.4, 0.5) is 0 Å². The molecule has 0 aromatic heterocycles. The van der Waals surface area contributed by atoms with Crippen LogP contribution in [-0.4, -0.2) is 31.8 Å². The fourth-order valence-electron chi connectivity index (χ4n) is 0.776. The fourth-order valence-corrected chi connectivity index (χ4v) is 1.26. The molecule has 0 aliphatic carbocycles. The molecule has 5 heteroatoms. The maximum atomic E-state index is 10.6. The van der Waals surface area contributed by atoms with E-state index in [4.69, 9.17) is 4.55 Å². The van der Waals surface area contributed by atoms with Gasteiger partial charge in [-0.1, -0.05) is 24.8 Å². The average molecular weight is 192 g/mol. The van der Waals surface area contributed by atoms with E-state index in [9.17, 15) is 8.42 Å². The van der Waals surface area contributed by atoms with E-state index in [1.165, 1.54) is 12.1 Å². The summed E-state index contributed by atoms with van der Waals surface area (Å²) in [5.74, 6) is 0. The molecule has 0 spiro atoms. The van der Waals surface area contributed by atoms with Gasteiger partial charge >= 0.3 is 18.9 Å². The summed E-state index contributed by atoms with van der Waals surface area (Å²) >= 11 is 0. The van der Waals surface area contributed by atoms with Crippen LogP contribution in [0.25, 0.3) is 6.08 Å². The zero-order valence-corrected chi connectivity index (χ0v) is 7.08. The van der Waals surface area contributed by atoms with Gasteiger partial charge < -0.3 is 0 Å². The van der Waals surface area contributed by atoms with Gasteiger partial charge in [0.2, 0.25) is 0 Å².